The number of carbonyl (C=O) groups is 1. The molecule has 0 aliphatic rings. The summed E-state index contributed by atoms with van der Waals surface area (Å²) < 4.78 is 0. The van der Waals surface area contributed by atoms with E-state index >= 15 is 0 Å². The minimum Gasteiger partial charge on any atom is -0.351 e. The molecule has 0 aromatic heterocycles. The van der Waals surface area contributed by atoms with Gasteiger partial charge in [-0.25, -0.2) is 0 Å². The maximum absolute atomic E-state index is 10.8. The van der Waals surface area contributed by atoms with E-state index in [1.807, 2.05) is 51.2 Å². The second kappa shape index (κ2) is 9.23. The molecule has 2 heteroatoms. The van der Waals surface area contributed by atoms with Crippen LogP contribution in [0.3, 0.4) is 0 Å². The fraction of sp³-hybridized carbons (Fsp3) is 0.312. The second-order valence-corrected chi connectivity index (χ2v) is 4.15. The first-order chi connectivity index (χ1) is 8.62. The summed E-state index contributed by atoms with van der Waals surface area (Å²) in [5, 5.41) is 2.86. The minimum absolute atomic E-state index is 0.0690. The van der Waals surface area contributed by atoms with Crippen molar-refractivity contribution in [3.8, 4) is 0 Å². The first kappa shape index (κ1) is 16.2. The van der Waals surface area contributed by atoms with Gasteiger partial charge in [-0.15, -0.1) is 6.58 Å². The number of hydrogen-bond acceptors (Lipinski definition) is 1. The van der Waals surface area contributed by atoms with Crippen LogP contribution in [0.4, 0.5) is 0 Å². The van der Waals surface area contributed by atoms with E-state index < -0.39 is 0 Å². The average Bonchev–Trinajstić information content (AvgIpc) is 2.35. The van der Waals surface area contributed by atoms with Gasteiger partial charge in [0, 0.05) is 5.92 Å². The lowest BCUT2D eigenvalue weighted by atomic mass is 9.89. The highest BCUT2D eigenvalue weighted by molar-refractivity contribution is 5.50. The molecular formula is C16H23NO. The molecule has 0 saturated carbocycles. The van der Waals surface area contributed by atoms with Gasteiger partial charge < -0.3 is 5.32 Å². The summed E-state index contributed by atoms with van der Waals surface area (Å²) in [4.78, 5) is 10.8. The number of rotatable bonds is 8. The molecule has 0 bridgehead atoms. The minimum atomic E-state index is -0.0996. The van der Waals surface area contributed by atoms with E-state index in [4.69, 9.17) is 0 Å². The molecule has 2 nitrogen and oxygen atoms in total. The molecule has 0 aromatic carbocycles. The van der Waals surface area contributed by atoms with Gasteiger partial charge in [0.25, 0.3) is 0 Å². The molecule has 0 spiro atoms. The van der Waals surface area contributed by atoms with Crippen molar-refractivity contribution >= 4 is 6.41 Å². The third-order valence-electron chi connectivity index (χ3n) is 2.64. The highest BCUT2D eigenvalue weighted by atomic mass is 16.1. The molecule has 0 rings (SSSR count). The van der Waals surface area contributed by atoms with Gasteiger partial charge in [-0.1, -0.05) is 48.6 Å². The highest BCUT2D eigenvalue weighted by Gasteiger charge is 2.19. The van der Waals surface area contributed by atoms with Crippen LogP contribution in [0.15, 0.2) is 60.8 Å². The lowest BCUT2D eigenvalue weighted by Crippen LogP contribution is -2.35. The molecule has 0 aliphatic heterocycles. The number of amides is 1. The van der Waals surface area contributed by atoms with E-state index in [2.05, 4.69) is 18.5 Å². The van der Waals surface area contributed by atoms with Crippen LogP contribution >= 0.6 is 0 Å². The Morgan fingerprint density at radius 1 is 1.28 bits per heavy atom. The van der Waals surface area contributed by atoms with Gasteiger partial charge in [0.15, 0.2) is 0 Å². The monoisotopic (exact) mass is 245 g/mol. The molecular weight excluding hydrogens is 222 g/mol. The van der Waals surface area contributed by atoms with Crippen molar-refractivity contribution in [2.75, 3.05) is 0 Å². The molecule has 1 N–H and O–H groups in total. The number of carbonyl (C=O) groups excluding carboxylic acids is 1. The molecule has 0 saturated heterocycles. The number of allylic oxidation sites excluding steroid dienone is 4. The Hall–Kier alpha value is -1.83. The Morgan fingerprint density at radius 3 is 2.33 bits per heavy atom. The van der Waals surface area contributed by atoms with E-state index in [0.29, 0.717) is 0 Å². The van der Waals surface area contributed by atoms with Gasteiger partial charge >= 0.3 is 0 Å². The quantitative estimate of drug-likeness (QED) is 0.395. The Bertz CT molecular complexity index is 371. The molecule has 1 amide bonds. The molecule has 0 fully saturated rings. The summed E-state index contributed by atoms with van der Waals surface area (Å²) in [5.74, 6) is 0.0690. The van der Waals surface area contributed by atoms with Crippen LogP contribution in [0, 0.1) is 5.92 Å². The van der Waals surface area contributed by atoms with Gasteiger partial charge in [0.1, 0.15) is 0 Å². The Kier molecular flexibility index (Phi) is 8.29. The summed E-state index contributed by atoms with van der Waals surface area (Å²) >= 11 is 0. The highest BCUT2D eigenvalue weighted by Crippen LogP contribution is 2.20. The second-order valence-electron chi connectivity index (χ2n) is 4.15. The molecule has 0 heterocycles. The van der Waals surface area contributed by atoms with Gasteiger partial charge in [0.2, 0.25) is 6.41 Å². The summed E-state index contributed by atoms with van der Waals surface area (Å²) in [5.41, 5.74) is 2.23. The predicted molar refractivity (Wildman–Crippen MR) is 79.2 cm³/mol. The Balaban J connectivity index is 5.46. The lowest BCUT2D eigenvalue weighted by Gasteiger charge is -2.24. The van der Waals surface area contributed by atoms with Crippen molar-refractivity contribution in [2.24, 2.45) is 5.92 Å². The van der Waals surface area contributed by atoms with E-state index in [1.54, 1.807) is 6.08 Å². The molecule has 18 heavy (non-hydrogen) atoms. The van der Waals surface area contributed by atoms with Crippen molar-refractivity contribution < 1.29 is 4.79 Å². The fourth-order valence-corrected chi connectivity index (χ4v) is 1.78. The molecule has 0 aliphatic carbocycles. The maximum atomic E-state index is 10.8. The van der Waals surface area contributed by atoms with Crippen molar-refractivity contribution in [2.45, 2.75) is 26.8 Å². The van der Waals surface area contributed by atoms with E-state index in [1.165, 1.54) is 0 Å². The topological polar surface area (TPSA) is 29.1 Å². The van der Waals surface area contributed by atoms with Gasteiger partial charge in [-0.2, -0.15) is 0 Å². The number of hydrogen-bond donors (Lipinski definition) is 1. The SMILES string of the molecule is C=C/C=C\C(=C(C)C)C(NC=O)C(C=C)/C=C\C. The van der Waals surface area contributed by atoms with Crippen molar-refractivity contribution in [1.29, 1.82) is 0 Å². The van der Waals surface area contributed by atoms with E-state index in [9.17, 15) is 4.79 Å². The van der Waals surface area contributed by atoms with Crippen molar-refractivity contribution in [3.05, 3.63) is 60.8 Å². The van der Waals surface area contributed by atoms with Crippen LogP contribution < -0.4 is 5.32 Å². The molecule has 0 aromatic rings. The molecule has 98 valence electrons. The first-order valence-corrected chi connectivity index (χ1v) is 6.03. The summed E-state index contributed by atoms with van der Waals surface area (Å²) in [6, 6.07) is -0.0996. The zero-order valence-electron chi connectivity index (χ0n) is 11.5. The van der Waals surface area contributed by atoms with Crippen LogP contribution in [0.25, 0.3) is 0 Å². The van der Waals surface area contributed by atoms with E-state index in [0.717, 1.165) is 17.6 Å². The molecule has 0 radical (unpaired) electrons. The fourth-order valence-electron chi connectivity index (χ4n) is 1.78. The summed E-state index contributed by atoms with van der Waals surface area (Å²) in [6.45, 7) is 13.5. The third kappa shape index (κ3) is 5.00. The van der Waals surface area contributed by atoms with Crippen LogP contribution in [0.5, 0.6) is 0 Å². The summed E-state index contributed by atoms with van der Waals surface area (Å²) in [7, 11) is 0. The molecule has 2 unspecified atom stereocenters. The average molecular weight is 245 g/mol. The van der Waals surface area contributed by atoms with Crippen molar-refractivity contribution in [3.63, 3.8) is 0 Å². The normalized spacial score (nSPS) is 14.2. The van der Waals surface area contributed by atoms with Gasteiger partial charge in [-0.05, 0) is 26.3 Å². The van der Waals surface area contributed by atoms with E-state index in [-0.39, 0.29) is 12.0 Å². The van der Waals surface area contributed by atoms with Crippen molar-refractivity contribution in [1.82, 2.24) is 5.32 Å². The third-order valence-corrected chi connectivity index (χ3v) is 2.64. The van der Waals surface area contributed by atoms with Crippen LogP contribution in [-0.2, 0) is 4.79 Å². The standard InChI is InChI=1S/C16H23NO/c1-6-9-11-15(13(4)5)16(17-12-18)14(8-3)10-7-2/h6-12,14,16H,1,3H2,2,4-5H3,(H,17,18)/b10-7-,11-9-. The summed E-state index contributed by atoms with van der Waals surface area (Å²) in [6.07, 6.45) is 12.1. The Morgan fingerprint density at radius 2 is 1.94 bits per heavy atom. The smallest absolute Gasteiger partial charge is 0.207 e. The van der Waals surface area contributed by atoms with Crippen LogP contribution in [0.2, 0.25) is 0 Å². The zero-order chi connectivity index (χ0) is 14.0. The zero-order valence-corrected chi connectivity index (χ0v) is 11.5. The van der Waals surface area contributed by atoms with Crippen LogP contribution in [0.1, 0.15) is 20.8 Å². The first-order valence-electron chi connectivity index (χ1n) is 6.03. The molecule has 2 atom stereocenters. The predicted octanol–water partition coefficient (Wildman–Crippen LogP) is 3.56. The van der Waals surface area contributed by atoms with Crippen LogP contribution in [-0.4, -0.2) is 12.5 Å². The lowest BCUT2D eigenvalue weighted by molar-refractivity contribution is -0.110. The maximum Gasteiger partial charge on any atom is 0.207 e. The largest absolute Gasteiger partial charge is 0.351 e. The number of nitrogens with one attached hydrogen (secondary N) is 1. The van der Waals surface area contributed by atoms with Gasteiger partial charge in [0.05, 0.1) is 6.04 Å². The van der Waals surface area contributed by atoms with Gasteiger partial charge in [-0.3, -0.25) is 4.79 Å². The Labute approximate surface area is 110 Å².